The number of aliphatic carboxylic acids is 1. The van der Waals surface area contributed by atoms with Gasteiger partial charge in [0.25, 0.3) is 0 Å². The van der Waals surface area contributed by atoms with E-state index in [4.69, 9.17) is 9.90 Å². The molecule has 0 radical (unpaired) electrons. The molecule has 0 spiro atoms. The van der Waals surface area contributed by atoms with Crippen molar-refractivity contribution in [2.45, 2.75) is 58.1 Å². The number of carboxylic acid groups (broad SMARTS) is 1. The molecule has 0 saturated heterocycles. The summed E-state index contributed by atoms with van der Waals surface area (Å²) in [5.74, 6) is -5.08. The van der Waals surface area contributed by atoms with Gasteiger partial charge in [-0.3, -0.25) is 0 Å². The smallest absolute Gasteiger partial charge is 0.475 e. The van der Waals surface area contributed by atoms with E-state index in [2.05, 4.69) is 0 Å². The zero-order chi connectivity index (χ0) is 14.1. The second kappa shape index (κ2) is 8.25. The van der Waals surface area contributed by atoms with E-state index in [1.54, 1.807) is 0 Å². The lowest BCUT2D eigenvalue weighted by molar-refractivity contribution is -0.192. The van der Waals surface area contributed by atoms with Crippen molar-refractivity contribution in [2.75, 3.05) is 0 Å². The molecular formula is C10H17F5O2. The van der Waals surface area contributed by atoms with E-state index in [1.807, 2.05) is 13.8 Å². The Labute approximate surface area is 96.8 Å². The summed E-state index contributed by atoms with van der Waals surface area (Å²) in [4.78, 5) is 8.90. The van der Waals surface area contributed by atoms with E-state index in [0.29, 0.717) is 12.8 Å². The summed E-state index contributed by atoms with van der Waals surface area (Å²) >= 11 is 0. The highest BCUT2D eigenvalue weighted by atomic mass is 19.4. The molecule has 104 valence electrons. The summed E-state index contributed by atoms with van der Waals surface area (Å²) < 4.78 is 56.1. The van der Waals surface area contributed by atoms with Crippen LogP contribution in [0, 0.1) is 0 Å². The van der Waals surface area contributed by atoms with Crippen LogP contribution in [0.25, 0.3) is 0 Å². The zero-order valence-electron chi connectivity index (χ0n) is 9.78. The number of hydrogen-bond acceptors (Lipinski definition) is 1. The largest absolute Gasteiger partial charge is 0.490 e. The molecule has 0 atom stereocenters. The van der Waals surface area contributed by atoms with Crippen LogP contribution in [-0.4, -0.2) is 23.2 Å². The van der Waals surface area contributed by atoms with Crippen LogP contribution < -0.4 is 0 Å². The Morgan fingerprint density at radius 1 is 1.06 bits per heavy atom. The van der Waals surface area contributed by atoms with Crippen LogP contribution in [0.1, 0.15) is 46.0 Å². The molecule has 2 nitrogen and oxygen atoms in total. The van der Waals surface area contributed by atoms with Gasteiger partial charge in [-0.15, -0.1) is 0 Å². The Morgan fingerprint density at radius 3 is 1.47 bits per heavy atom. The maximum atomic E-state index is 12.2. The molecule has 1 aliphatic rings. The SMILES string of the molecule is CC.FC1(F)CCCCC1.O=C(O)C(F)(F)F. The third-order valence-electron chi connectivity index (χ3n) is 1.83. The second-order valence-electron chi connectivity index (χ2n) is 3.22. The van der Waals surface area contributed by atoms with E-state index in [9.17, 15) is 22.0 Å². The molecule has 0 unspecified atom stereocenters. The van der Waals surface area contributed by atoms with Gasteiger partial charge < -0.3 is 5.11 Å². The lowest BCUT2D eigenvalue weighted by Gasteiger charge is -2.20. The molecule has 0 aromatic carbocycles. The molecule has 1 N–H and O–H groups in total. The lowest BCUT2D eigenvalue weighted by atomic mass is 9.97. The molecule has 1 saturated carbocycles. The fourth-order valence-electron chi connectivity index (χ4n) is 1.07. The predicted molar refractivity (Wildman–Crippen MR) is 53.1 cm³/mol. The number of carboxylic acids is 1. The summed E-state index contributed by atoms with van der Waals surface area (Å²) in [6.07, 6.45) is -2.42. The summed E-state index contributed by atoms with van der Waals surface area (Å²) in [7, 11) is 0. The highest BCUT2D eigenvalue weighted by molar-refractivity contribution is 5.73. The summed E-state index contributed by atoms with van der Waals surface area (Å²) in [6, 6.07) is 0. The molecule has 1 aliphatic carbocycles. The molecule has 7 heteroatoms. The first kappa shape index (κ1) is 18.5. The minimum Gasteiger partial charge on any atom is -0.475 e. The van der Waals surface area contributed by atoms with Gasteiger partial charge in [-0.25, -0.2) is 13.6 Å². The first-order chi connectivity index (χ1) is 7.65. The summed E-state index contributed by atoms with van der Waals surface area (Å²) in [5.41, 5.74) is 0. The van der Waals surface area contributed by atoms with E-state index in [1.165, 1.54) is 0 Å². The van der Waals surface area contributed by atoms with Gasteiger partial charge in [0.1, 0.15) is 0 Å². The van der Waals surface area contributed by atoms with Crippen LogP contribution in [0.15, 0.2) is 0 Å². The molecule has 0 aliphatic heterocycles. The molecule has 1 rings (SSSR count). The van der Waals surface area contributed by atoms with Crippen LogP contribution in [0.3, 0.4) is 0 Å². The van der Waals surface area contributed by atoms with Gasteiger partial charge in [0.05, 0.1) is 0 Å². The van der Waals surface area contributed by atoms with Gasteiger partial charge in [-0.1, -0.05) is 20.3 Å². The van der Waals surface area contributed by atoms with Crippen molar-refractivity contribution in [1.82, 2.24) is 0 Å². The van der Waals surface area contributed by atoms with Crippen molar-refractivity contribution in [3.05, 3.63) is 0 Å². The van der Waals surface area contributed by atoms with Crippen molar-refractivity contribution in [1.29, 1.82) is 0 Å². The molecule has 17 heavy (non-hydrogen) atoms. The Kier molecular flexibility index (Phi) is 8.97. The molecule has 0 aromatic heterocycles. The van der Waals surface area contributed by atoms with Crippen LogP contribution in [0.5, 0.6) is 0 Å². The maximum Gasteiger partial charge on any atom is 0.490 e. The summed E-state index contributed by atoms with van der Waals surface area (Å²) in [6.45, 7) is 4.00. The number of halogens is 5. The van der Waals surface area contributed by atoms with Crippen LogP contribution in [0.2, 0.25) is 0 Å². The number of rotatable bonds is 0. The molecule has 0 aromatic rings. The van der Waals surface area contributed by atoms with Crippen molar-refractivity contribution in [3.63, 3.8) is 0 Å². The van der Waals surface area contributed by atoms with Gasteiger partial charge in [-0.05, 0) is 12.8 Å². The first-order valence-electron chi connectivity index (χ1n) is 5.33. The second-order valence-corrected chi connectivity index (χ2v) is 3.22. The van der Waals surface area contributed by atoms with Crippen molar-refractivity contribution in [2.24, 2.45) is 0 Å². The Morgan fingerprint density at radius 2 is 1.35 bits per heavy atom. The van der Waals surface area contributed by atoms with Gasteiger partial charge >= 0.3 is 12.1 Å². The molecule has 0 amide bonds. The van der Waals surface area contributed by atoms with Crippen LogP contribution in [0.4, 0.5) is 22.0 Å². The third-order valence-corrected chi connectivity index (χ3v) is 1.83. The first-order valence-corrected chi connectivity index (χ1v) is 5.33. The van der Waals surface area contributed by atoms with Crippen LogP contribution >= 0.6 is 0 Å². The highest BCUT2D eigenvalue weighted by Crippen LogP contribution is 2.32. The normalized spacial score (nSPS) is 18.1. The quantitative estimate of drug-likeness (QED) is 0.664. The van der Waals surface area contributed by atoms with Gasteiger partial charge in [0.2, 0.25) is 5.92 Å². The van der Waals surface area contributed by atoms with Gasteiger partial charge in [0, 0.05) is 12.8 Å². The third kappa shape index (κ3) is 11.4. The fraction of sp³-hybridized carbons (Fsp3) is 0.900. The maximum absolute atomic E-state index is 12.2. The van der Waals surface area contributed by atoms with Crippen molar-refractivity contribution >= 4 is 5.97 Å². The van der Waals surface area contributed by atoms with Crippen LogP contribution in [-0.2, 0) is 4.79 Å². The van der Waals surface area contributed by atoms with E-state index < -0.39 is 18.1 Å². The van der Waals surface area contributed by atoms with Gasteiger partial charge in [-0.2, -0.15) is 13.2 Å². The highest BCUT2D eigenvalue weighted by Gasteiger charge is 2.38. The molecule has 0 heterocycles. The number of carbonyl (C=O) groups is 1. The van der Waals surface area contributed by atoms with Gasteiger partial charge in [0.15, 0.2) is 0 Å². The van der Waals surface area contributed by atoms with E-state index >= 15 is 0 Å². The molecular weight excluding hydrogens is 247 g/mol. The minimum absolute atomic E-state index is 0.118. The zero-order valence-corrected chi connectivity index (χ0v) is 9.78. The minimum atomic E-state index is -5.08. The van der Waals surface area contributed by atoms with Crippen molar-refractivity contribution < 1.29 is 31.9 Å². The lowest BCUT2D eigenvalue weighted by Crippen LogP contribution is -2.21. The Balaban J connectivity index is 0. The number of hydrogen-bond donors (Lipinski definition) is 1. The molecule has 0 bridgehead atoms. The average molecular weight is 264 g/mol. The molecule has 1 fully saturated rings. The monoisotopic (exact) mass is 264 g/mol. The van der Waals surface area contributed by atoms with E-state index in [-0.39, 0.29) is 12.8 Å². The Bertz CT molecular complexity index is 205. The average Bonchev–Trinajstić information content (AvgIpc) is 2.19. The standard InChI is InChI=1S/C6H10F2.C2HF3O2.C2H6/c7-6(8)4-2-1-3-5-6;3-2(4,5)1(6)7;1-2/h1-5H2;(H,6,7);1-2H3. The summed E-state index contributed by atoms with van der Waals surface area (Å²) in [5, 5.41) is 7.12. The fourth-order valence-corrected chi connectivity index (χ4v) is 1.07. The predicted octanol–water partition coefficient (Wildman–Crippen LogP) is 4.25. The number of alkyl halides is 5. The van der Waals surface area contributed by atoms with Crippen molar-refractivity contribution in [3.8, 4) is 0 Å². The van der Waals surface area contributed by atoms with E-state index in [0.717, 1.165) is 6.42 Å². The Hall–Kier alpha value is -0.880. The topological polar surface area (TPSA) is 37.3 Å².